The summed E-state index contributed by atoms with van der Waals surface area (Å²) >= 11 is 0. The lowest BCUT2D eigenvalue weighted by Crippen LogP contribution is -1.95. The number of hydrogen-bond donors (Lipinski definition) is 0. The van der Waals surface area contributed by atoms with Crippen LogP contribution in [0.3, 0.4) is 0 Å². The Morgan fingerprint density at radius 3 is 1.26 bits per heavy atom. The highest BCUT2D eigenvalue weighted by molar-refractivity contribution is 6.31. The lowest BCUT2D eigenvalue weighted by Gasteiger charge is -2.20. The number of fused-ring (bicyclic) bond motifs is 11. The Labute approximate surface area is 354 Å². The molecule has 0 aromatic heterocycles. The van der Waals surface area contributed by atoms with Crippen molar-refractivity contribution in [1.29, 1.82) is 21.0 Å². The first-order valence-electron chi connectivity index (χ1n) is 19.8. The van der Waals surface area contributed by atoms with Gasteiger partial charge in [-0.1, -0.05) is 97.1 Å². The zero-order valence-electron chi connectivity index (χ0n) is 32.4. The first kappa shape index (κ1) is 34.5. The van der Waals surface area contributed by atoms with Gasteiger partial charge in [0.15, 0.2) is 5.69 Å². The van der Waals surface area contributed by atoms with Gasteiger partial charge < -0.3 is 0 Å². The van der Waals surface area contributed by atoms with E-state index in [1.165, 1.54) is 12.1 Å². The highest BCUT2D eigenvalue weighted by atomic mass is 14.7. The number of rotatable bonds is 2. The van der Waals surface area contributed by atoms with E-state index in [4.69, 9.17) is 13.1 Å². The molecule has 0 amide bonds. The summed E-state index contributed by atoms with van der Waals surface area (Å²) in [7, 11) is 0. The average Bonchev–Trinajstić information content (AvgIpc) is 3.82. The molecule has 10 aromatic rings. The van der Waals surface area contributed by atoms with E-state index in [2.05, 4.69) is 131 Å². The fourth-order valence-corrected chi connectivity index (χ4v) is 10.4. The third-order valence-electron chi connectivity index (χ3n) is 12.9. The maximum atomic E-state index is 10.6. The number of nitriles is 4. The molecule has 0 heterocycles. The standard InChI is InChI=1S/C56H22N6/c1-61-49-24-43(33(27-59)19-34(49)28-60)53-39-17-15-36-35(44(39)22-46-37-11-3-7-29-9-5-13-41(51(29)37)55(46)53)16-18-40-45(36)23-47-38-12-4-8-30-10-6-14-42(52(30)38)56(47)54(40)48-20-31(25-57)32(26-58)21-50(48)62-2/h3-24H. The van der Waals surface area contributed by atoms with E-state index >= 15 is 0 Å². The van der Waals surface area contributed by atoms with Crippen LogP contribution in [0.2, 0.25) is 0 Å². The number of nitrogens with zero attached hydrogens (tertiary/aromatic N) is 6. The van der Waals surface area contributed by atoms with Crippen LogP contribution in [0.25, 0.3) is 130 Å². The lowest BCUT2D eigenvalue weighted by molar-refractivity contribution is 1.43. The summed E-state index contributed by atoms with van der Waals surface area (Å²) in [5, 5.41) is 50.9. The Kier molecular flexibility index (Phi) is 6.94. The largest absolute Gasteiger partial charge is 0.237 e. The molecule has 0 radical (unpaired) electrons. The monoisotopic (exact) mass is 778 g/mol. The minimum atomic E-state index is 0.159. The highest BCUT2D eigenvalue weighted by Crippen LogP contribution is 2.58. The molecule has 0 atom stereocenters. The van der Waals surface area contributed by atoms with Gasteiger partial charge in [-0.2, -0.15) is 21.0 Å². The van der Waals surface area contributed by atoms with Crippen LogP contribution in [-0.4, -0.2) is 0 Å². The van der Waals surface area contributed by atoms with Gasteiger partial charge >= 0.3 is 0 Å². The fraction of sp³-hybridized carbons (Fsp3) is 0. The highest BCUT2D eigenvalue weighted by Gasteiger charge is 2.31. The summed E-state index contributed by atoms with van der Waals surface area (Å²) in [5.74, 6) is 0. The third-order valence-corrected chi connectivity index (χ3v) is 12.9. The van der Waals surface area contributed by atoms with Crippen LogP contribution in [0.5, 0.6) is 0 Å². The predicted molar refractivity (Wildman–Crippen MR) is 245 cm³/mol. The first-order chi connectivity index (χ1) is 30.5. The van der Waals surface area contributed by atoms with Gasteiger partial charge in [0.25, 0.3) is 0 Å². The van der Waals surface area contributed by atoms with Crippen molar-refractivity contribution in [2.45, 2.75) is 0 Å². The maximum Gasteiger partial charge on any atom is 0.205 e. The maximum absolute atomic E-state index is 10.6. The molecule has 6 nitrogen and oxygen atoms in total. The minimum absolute atomic E-state index is 0.159. The Hall–Kier alpha value is -9.56. The molecule has 0 saturated heterocycles. The van der Waals surface area contributed by atoms with Crippen molar-refractivity contribution >= 4 is 65.2 Å². The van der Waals surface area contributed by atoms with Gasteiger partial charge in [-0.3, -0.25) is 0 Å². The van der Waals surface area contributed by atoms with Crippen LogP contribution in [0.15, 0.2) is 133 Å². The third kappa shape index (κ3) is 4.35. The van der Waals surface area contributed by atoms with Crippen molar-refractivity contribution < 1.29 is 0 Å². The van der Waals surface area contributed by atoms with Crippen molar-refractivity contribution in [2.24, 2.45) is 0 Å². The average molecular weight is 779 g/mol. The summed E-state index contributed by atoms with van der Waals surface area (Å²) in [5.41, 5.74) is 12.4. The molecular formula is C56H22N6. The number of benzene rings is 10. The van der Waals surface area contributed by atoms with Crippen LogP contribution in [0, 0.1) is 58.5 Å². The van der Waals surface area contributed by atoms with Crippen molar-refractivity contribution in [2.75, 3.05) is 0 Å². The van der Waals surface area contributed by atoms with Crippen molar-refractivity contribution in [1.82, 2.24) is 0 Å². The van der Waals surface area contributed by atoms with Gasteiger partial charge in [-0.25, -0.2) is 9.69 Å². The van der Waals surface area contributed by atoms with Crippen molar-refractivity contribution in [3.05, 3.63) is 179 Å². The summed E-state index contributed by atoms with van der Waals surface area (Å²) in [6, 6.07) is 53.4. The Bertz CT molecular complexity index is 3830. The van der Waals surface area contributed by atoms with Gasteiger partial charge in [0.1, 0.15) is 6.07 Å². The second kappa shape index (κ2) is 12.5. The van der Waals surface area contributed by atoms with E-state index in [9.17, 15) is 21.0 Å². The van der Waals surface area contributed by atoms with E-state index in [-0.39, 0.29) is 22.4 Å². The van der Waals surface area contributed by atoms with Crippen LogP contribution < -0.4 is 0 Å². The molecule has 0 N–H and O–H groups in total. The fourth-order valence-electron chi connectivity index (χ4n) is 10.4. The molecule has 0 fully saturated rings. The Morgan fingerprint density at radius 2 is 0.774 bits per heavy atom. The summed E-state index contributed by atoms with van der Waals surface area (Å²) in [4.78, 5) is 7.67. The topological polar surface area (TPSA) is 104 Å². The molecule has 0 spiro atoms. The van der Waals surface area contributed by atoms with E-state index in [1.807, 2.05) is 12.1 Å². The molecule has 0 saturated carbocycles. The van der Waals surface area contributed by atoms with Gasteiger partial charge in [0.2, 0.25) is 5.69 Å². The van der Waals surface area contributed by atoms with E-state index < -0.39 is 0 Å². The Morgan fingerprint density at radius 1 is 0.323 bits per heavy atom. The summed E-state index contributed by atoms with van der Waals surface area (Å²) < 4.78 is 0. The molecular weight excluding hydrogens is 757 g/mol. The molecule has 2 aliphatic rings. The van der Waals surface area contributed by atoms with Gasteiger partial charge in [0.05, 0.1) is 53.6 Å². The molecule has 276 valence electrons. The molecule has 2 aliphatic carbocycles. The molecule has 0 unspecified atom stereocenters. The van der Waals surface area contributed by atoms with Crippen LogP contribution in [0.4, 0.5) is 11.4 Å². The smallest absolute Gasteiger partial charge is 0.205 e. The van der Waals surface area contributed by atoms with E-state index in [1.54, 1.807) is 12.1 Å². The zero-order valence-corrected chi connectivity index (χ0v) is 32.4. The van der Waals surface area contributed by atoms with Gasteiger partial charge in [-0.15, -0.1) is 0 Å². The summed E-state index contributed by atoms with van der Waals surface area (Å²) in [6.07, 6.45) is 0. The SMILES string of the molecule is [C-]#[N+]c1cc(-c2c3c(cc4c2ccc2c5cc6c(c(-c7cc(C#N)c(C#N)cc7[N+]#[C-])c5ccc42)-c2cccc4cccc-6c24)-c2cccc4cccc-3c24)c(C#N)cc1C#N. The second-order valence-electron chi connectivity index (χ2n) is 15.7. The normalized spacial score (nSPS) is 11.5. The molecule has 12 rings (SSSR count). The summed E-state index contributed by atoms with van der Waals surface area (Å²) in [6.45, 7) is 16.3. The zero-order chi connectivity index (χ0) is 42.0. The molecule has 10 aromatic carbocycles. The predicted octanol–water partition coefficient (Wildman–Crippen LogP) is 14.7. The van der Waals surface area contributed by atoms with E-state index in [0.29, 0.717) is 22.4 Å². The number of hydrogen-bond acceptors (Lipinski definition) is 4. The van der Waals surface area contributed by atoms with Crippen molar-refractivity contribution in [3.63, 3.8) is 0 Å². The van der Waals surface area contributed by atoms with Crippen LogP contribution in [0.1, 0.15) is 22.3 Å². The molecule has 6 heteroatoms. The molecule has 62 heavy (non-hydrogen) atoms. The van der Waals surface area contributed by atoms with Gasteiger partial charge in [0, 0.05) is 0 Å². The van der Waals surface area contributed by atoms with Gasteiger partial charge in [-0.05, 0) is 157 Å². The quantitative estimate of drug-likeness (QED) is 0.129. The Balaban J connectivity index is 1.26. The van der Waals surface area contributed by atoms with E-state index in [0.717, 1.165) is 109 Å². The molecule has 0 aliphatic heterocycles. The minimum Gasteiger partial charge on any atom is -0.237 e. The lowest BCUT2D eigenvalue weighted by atomic mass is 9.82. The molecule has 0 bridgehead atoms. The van der Waals surface area contributed by atoms with Crippen molar-refractivity contribution in [3.8, 4) is 91.0 Å². The second-order valence-corrected chi connectivity index (χ2v) is 15.7. The first-order valence-corrected chi connectivity index (χ1v) is 19.8. The van der Waals surface area contributed by atoms with Crippen LogP contribution in [-0.2, 0) is 0 Å². The van der Waals surface area contributed by atoms with Crippen LogP contribution >= 0.6 is 0 Å².